The lowest BCUT2D eigenvalue weighted by Gasteiger charge is -2.34. The maximum absolute atomic E-state index is 12.4. The molecule has 2 aliphatic heterocycles. The summed E-state index contributed by atoms with van der Waals surface area (Å²) in [6, 6.07) is 6.17. The van der Waals surface area contributed by atoms with E-state index < -0.39 is 0 Å². The highest BCUT2D eigenvalue weighted by molar-refractivity contribution is 5.78. The van der Waals surface area contributed by atoms with Gasteiger partial charge in [0.25, 0.3) is 0 Å². The van der Waals surface area contributed by atoms with Gasteiger partial charge in [0, 0.05) is 26.2 Å². The van der Waals surface area contributed by atoms with Crippen LogP contribution < -0.4 is 10.1 Å². The van der Waals surface area contributed by atoms with E-state index in [2.05, 4.69) is 23.3 Å². The molecule has 0 bridgehead atoms. The lowest BCUT2D eigenvalue weighted by atomic mass is 10.1. The fraction of sp³-hybridized carbons (Fsp3) is 0.562. The van der Waals surface area contributed by atoms with Crippen molar-refractivity contribution >= 4 is 11.6 Å². The highest BCUT2D eigenvalue weighted by Gasteiger charge is 2.25. The Hall–Kier alpha value is -1.75. The van der Waals surface area contributed by atoms with Crippen LogP contribution in [0.1, 0.15) is 12.0 Å². The second-order valence-electron chi connectivity index (χ2n) is 6.04. The quantitative estimate of drug-likeness (QED) is 0.892. The predicted molar refractivity (Wildman–Crippen MR) is 82.8 cm³/mol. The van der Waals surface area contributed by atoms with Gasteiger partial charge < -0.3 is 19.9 Å². The fourth-order valence-corrected chi connectivity index (χ4v) is 2.83. The Kier molecular flexibility index (Phi) is 4.01. The first kappa shape index (κ1) is 14.2. The Morgan fingerprint density at radius 1 is 1.33 bits per heavy atom. The van der Waals surface area contributed by atoms with Crippen LogP contribution in [-0.4, -0.2) is 61.6 Å². The molecule has 1 saturated heterocycles. The third kappa shape index (κ3) is 3.29. The molecule has 2 heterocycles. The van der Waals surface area contributed by atoms with Gasteiger partial charge in [-0.3, -0.25) is 4.79 Å². The largest absolute Gasteiger partial charge is 0.489 e. The van der Waals surface area contributed by atoms with Gasteiger partial charge in [0.1, 0.15) is 12.4 Å². The minimum absolute atomic E-state index is 0.0624. The average molecular weight is 289 g/mol. The van der Waals surface area contributed by atoms with Crippen molar-refractivity contribution < 1.29 is 9.53 Å². The van der Waals surface area contributed by atoms with Crippen LogP contribution in [0.5, 0.6) is 5.75 Å². The minimum atomic E-state index is 0.0624. The van der Waals surface area contributed by atoms with Crippen molar-refractivity contribution in [2.75, 3.05) is 45.2 Å². The molecule has 1 atom stereocenters. The molecule has 1 fully saturated rings. The number of hydrogen-bond acceptors (Lipinski definition) is 4. The highest BCUT2D eigenvalue weighted by Crippen LogP contribution is 2.30. The van der Waals surface area contributed by atoms with E-state index in [1.807, 2.05) is 24.0 Å². The summed E-state index contributed by atoms with van der Waals surface area (Å²) < 4.78 is 5.78. The molecule has 5 heteroatoms. The SMILES string of the molecule is Cc1ccc2c(c1)OCC(CC(=O)N1CCN(C)CC1)N2. The number of nitrogens with one attached hydrogen (secondary N) is 1. The average Bonchev–Trinajstić information content (AvgIpc) is 2.48. The summed E-state index contributed by atoms with van der Waals surface area (Å²) in [6.45, 7) is 6.19. The minimum Gasteiger partial charge on any atom is -0.489 e. The molecule has 5 nitrogen and oxygen atoms in total. The zero-order valence-electron chi connectivity index (χ0n) is 12.8. The summed E-state index contributed by atoms with van der Waals surface area (Å²) in [5, 5.41) is 3.42. The number of aryl methyl sites for hydroxylation is 1. The Bertz CT molecular complexity index is 524. The summed E-state index contributed by atoms with van der Waals surface area (Å²) in [5.41, 5.74) is 2.17. The second kappa shape index (κ2) is 5.93. The van der Waals surface area contributed by atoms with Crippen LogP contribution in [0.4, 0.5) is 5.69 Å². The Labute approximate surface area is 125 Å². The number of amides is 1. The standard InChI is InChI=1S/C16H23N3O2/c1-12-3-4-14-15(9-12)21-11-13(17-14)10-16(20)19-7-5-18(2)6-8-19/h3-4,9,13,17H,5-8,10-11H2,1-2H3. The number of likely N-dealkylation sites (N-methyl/N-ethyl adjacent to an activating group) is 1. The zero-order chi connectivity index (χ0) is 14.8. The lowest BCUT2D eigenvalue weighted by Crippen LogP contribution is -2.48. The van der Waals surface area contributed by atoms with Crippen molar-refractivity contribution in [1.29, 1.82) is 0 Å². The normalized spacial score (nSPS) is 22.2. The first-order chi connectivity index (χ1) is 10.1. The molecule has 0 saturated carbocycles. The van der Waals surface area contributed by atoms with Crippen molar-refractivity contribution in [3.05, 3.63) is 23.8 Å². The summed E-state index contributed by atoms with van der Waals surface area (Å²) >= 11 is 0. The van der Waals surface area contributed by atoms with Crippen molar-refractivity contribution in [3.63, 3.8) is 0 Å². The van der Waals surface area contributed by atoms with E-state index in [-0.39, 0.29) is 11.9 Å². The number of carbonyl (C=O) groups is 1. The number of ether oxygens (including phenoxy) is 1. The number of carbonyl (C=O) groups excluding carboxylic acids is 1. The number of nitrogens with zero attached hydrogens (tertiary/aromatic N) is 2. The van der Waals surface area contributed by atoms with E-state index in [0.29, 0.717) is 13.0 Å². The van der Waals surface area contributed by atoms with Crippen molar-refractivity contribution in [1.82, 2.24) is 9.80 Å². The summed E-state index contributed by atoms with van der Waals surface area (Å²) in [6.07, 6.45) is 0.497. The topological polar surface area (TPSA) is 44.8 Å². The summed E-state index contributed by atoms with van der Waals surface area (Å²) in [7, 11) is 2.09. The molecule has 1 amide bonds. The van der Waals surface area contributed by atoms with Gasteiger partial charge in [-0.25, -0.2) is 0 Å². The van der Waals surface area contributed by atoms with Crippen LogP contribution in [0.3, 0.4) is 0 Å². The van der Waals surface area contributed by atoms with Gasteiger partial charge in [-0.2, -0.15) is 0 Å². The van der Waals surface area contributed by atoms with E-state index in [1.165, 1.54) is 5.56 Å². The van der Waals surface area contributed by atoms with Gasteiger partial charge in [-0.1, -0.05) is 6.07 Å². The molecule has 0 aromatic heterocycles. The van der Waals surface area contributed by atoms with Gasteiger partial charge in [-0.05, 0) is 31.7 Å². The zero-order valence-corrected chi connectivity index (χ0v) is 12.8. The van der Waals surface area contributed by atoms with Crippen molar-refractivity contribution in [2.24, 2.45) is 0 Å². The maximum Gasteiger partial charge on any atom is 0.224 e. The number of hydrogen-bond donors (Lipinski definition) is 1. The van der Waals surface area contributed by atoms with Gasteiger partial charge in [0.05, 0.1) is 18.2 Å². The second-order valence-corrected chi connectivity index (χ2v) is 6.04. The van der Waals surface area contributed by atoms with Crippen LogP contribution in [0.15, 0.2) is 18.2 Å². The molecule has 1 aromatic rings. The highest BCUT2D eigenvalue weighted by atomic mass is 16.5. The van der Waals surface area contributed by atoms with Gasteiger partial charge >= 0.3 is 0 Å². The van der Waals surface area contributed by atoms with Crippen molar-refractivity contribution in [3.8, 4) is 5.75 Å². The predicted octanol–water partition coefficient (Wildman–Crippen LogP) is 1.33. The molecule has 0 aliphatic carbocycles. The summed E-state index contributed by atoms with van der Waals surface area (Å²) in [4.78, 5) is 16.6. The molecule has 2 aliphatic rings. The molecule has 1 aromatic carbocycles. The van der Waals surface area contributed by atoms with Crippen LogP contribution >= 0.6 is 0 Å². The molecule has 0 spiro atoms. The molecule has 0 radical (unpaired) electrons. The molecule has 1 unspecified atom stereocenters. The van der Waals surface area contributed by atoms with Crippen LogP contribution in [0, 0.1) is 6.92 Å². The van der Waals surface area contributed by atoms with E-state index in [4.69, 9.17) is 4.74 Å². The number of rotatable bonds is 2. The number of anilines is 1. The third-order valence-corrected chi connectivity index (χ3v) is 4.21. The van der Waals surface area contributed by atoms with E-state index in [1.54, 1.807) is 0 Å². The van der Waals surface area contributed by atoms with E-state index in [0.717, 1.165) is 37.6 Å². The van der Waals surface area contributed by atoms with E-state index in [9.17, 15) is 4.79 Å². The Morgan fingerprint density at radius 3 is 2.86 bits per heavy atom. The Balaban J connectivity index is 1.57. The van der Waals surface area contributed by atoms with Crippen LogP contribution in [0.2, 0.25) is 0 Å². The molecular formula is C16H23N3O2. The number of fused-ring (bicyclic) bond motifs is 1. The molecule has 114 valence electrons. The molecule has 21 heavy (non-hydrogen) atoms. The summed E-state index contributed by atoms with van der Waals surface area (Å²) in [5.74, 6) is 1.11. The molecule has 3 rings (SSSR count). The number of benzene rings is 1. The Morgan fingerprint density at radius 2 is 2.10 bits per heavy atom. The first-order valence-corrected chi connectivity index (χ1v) is 7.58. The van der Waals surface area contributed by atoms with Crippen LogP contribution in [0.25, 0.3) is 0 Å². The third-order valence-electron chi connectivity index (χ3n) is 4.21. The van der Waals surface area contributed by atoms with Gasteiger partial charge in [0.15, 0.2) is 0 Å². The van der Waals surface area contributed by atoms with Crippen LogP contribution in [-0.2, 0) is 4.79 Å². The van der Waals surface area contributed by atoms with Crippen molar-refractivity contribution in [2.45, 2.75) is 19.4 Å². The first-order valence-electron chi connectivity index (χ1n) is 7.58. The molecule has 1 N–H and O–H groups in total. The van der Waals surface area contributed by atoms with Gasteiger partial charge in [0.2, 0.25) is 5.91 Å². The monoisotopic (exact) mass is 289 g/mol. The number of piperazine rings is 1. The molecular weight excluding hydrogens is 266 g/mol. The smallest absolute Gasteiger partial charge is 0.224 e. The fourth-order valence-electron chi connectivity index (χ4n) is 2.83. The maximum atomic E-state index is 12.4. The lowest BCUT2D eigenvalue weighted by molar-refractivity contribution is -0.133. The van der Waals surface area contributed by atoms with E-state index >= 15 is 0 Å². The van der Waals surface area contributed by atoms with Gasteiger partial charge in [-0.15, -0.1) is 0 Å².